The van der Waals surface area contributed by atoms with Crippen LogP contribution in [0.4, 0.5) is 5.13 Å². The summed E-state index contributed by atoms with van der Waals surface area (Å²) in [6.45, 7) is 0. The van der Waals surface area contributed by atoms with Gasteiger partial charge >= 0.3 is 0 Å². The van der Waals surface area contributed by atoms with E-state index in [1.807, 2.05) is 35.7 Å². The molecule has 0 aliphatic carbocycles. The minimum absolute atomic E-state index is 0.321. The Labute approximate surface area is 187 Å². The lowest BCUT2D eigenvalue weighted by Crippen LogP contribution is -2.26. The first-order valence-corrected chi connectivity index (χ1v) is 10.9. The number of para-hydroxylation sites is 1. The lowest BCUT2D eigenvalue weighted by Gasteiger charge is -2.17. The van der Waals surface area contributed by atoms with E-state index < -0.39 is 0 Å². The smallest absolute Gasteiger partial charge is 0.284 e. The van der Waals surface area contributed by atoms with E-state index in [0.717, 1.165) is 20.8 Å². The lowest BCUT2D eigenvalue weighted by molar-refractivity contribution is 0.0984. The molecule has 4 rings (SSSR count). The predicted octanol–water partition coefficient (Wildman–Crippen LogP) is 5.06. The van der Waals surface area contributed by atoms with Gasteiger partial charge in [-0.05, 0) is 41.8 Å². The van der Waals surface area contributed by atoms with E-state index in [2.05, 4.69) is 10.1 Å². The molecule has 0 unspecified atom stereocenters. The number of carbonyl (C=O) groups excluding carboxylic acids is 1. The van der Waals surface area contributed by atoms with Gasteiger partial charge in [-0.1, -0.05) is 23.5 Å². The Bertz CT molecular complexity index is 1240. The number of nitrogens with zero attached hydrogens (tertiary/aromatic N) is 3. The summed E-state index contributed by atoms with van der Waals surface area (Å²) in [6, 6.07) is 14.6. The number of hydrogen-bond acceptors (Lipinski definition) is 8. The molecule has 2 heterocycles. The Morgan fingerprint density at radius 3 is 2.65 bits per heavy atom. The number of thiazole rings is 1. The normalized spacial score (nSPS) is 11.1. The molecule has 2 aromatic carbocycles. The second-order valence-electron chi connectivity index (χ2n) is 6.25. The van der Waals surface area contributed by atoms with E-state index in [9.17, 15) is 4.79 Å². The maximum atomic E-state index is 13.6. The third-order valence-electron chi connectivity index (χ3n) is 4.43. The van der Waals surface area contributed by atoms with E-state index in [1.54, 1.807) is 31.5 Å². The highest BCUT2D eigenvalue weighted by molar-refractivity contribution is 7.22. The molecule has 7 nitrogen and oxygen atoms in total. The zero-order valence-electron chi connectivity index (χ0n) is 17.1. The molecule has 31 heavy (non-hydrogen) atoms. The van der Waals surface area contributed by atoms with Crippen molar-refractivity contribution in [2.45, 2.75) is 0 Å². The molecule has 0 fully saturated rings. The first kappa shape index (κ1) is 20.8. The van der Waals surface area contributed by atoms with Crippen molar-refractivity contribution < 1.29 is 19.0 Å². The van der Waals surface area contributed by atoms with Crippen LogP contribution in [-0.4, -0.2) is 38.4 Å². The molecule has 4 aromatic rings. The van der Waals surface area contributed by atoms with Gasteiger partial charge in [0.15, 0.2) is 11.5 Å². The van der Waals surface area contributed by atoms with Crippen LogP contribution < -0.4 is 19.2 Å². The number of hydrazone groups is 1. The lowest BCUT2D eigenvalue weighted by atomic mass is 10.1. The highest BCUT2D eigenvalue weighted by atomic mass is 32.1. The van der Waals surface area contributed by atoms with Crippen LogP contribution in [0.25, 0.3) is 10.2 Å². The SMILES string of the molecule is COc1ccc2nc(N(/N=C/c3cccs3)C(=O)c3cccc(OC)c3OC)sc2c1. The summed E-state index contributed by atoms with van der Waals surface area (Å²) in [5, 5.41) is 8.14. The molecule has 0 radical (unpaired) electrons. The van der Waals surface area contributed by atoms with Gasteiger partial charge in [-0.3, -0.25) is 4.79 Å². The number of thiophene rings is 1. The van der Waals surface area contributed by atoms with Crippen LogP contribution in [0.5, 0.6) is 17.2 Å². The van der Waals surface area contributed by atoms with Crippen molar-refractivity contribution in [3.05, 3.63) is 64.4 Å². The third kappa shape index (κ3) is 4.23. The third-order valence-corrected chi connectivity index (χ3v) is 6.24. The molecule has 0 aliphatic rings. The average molecular weight is 454 g/mol. The number of benzene rings is 2. The van der Waals surface area contributed by atoms with Crippen molar-refractivity contribution in [1.29, 1.82) is 0 Å². The topological polar surface area (TPSA) is 73.2 Å². The Kier molecular flexibility index (Phi) is 6.15. The van der Waals surface area contributed by atoms with Crippen LogP contribution in [-0.2, 0) is 0 Å². The fraction of sp³-hybridized carbons (Fsp3) is 0.136. The number of hydrogen-bond donors (Lipinski definition) is 0. The highest BCUT2D eigenvalue weighted by Crippen LogP contribution is 2.35. The van der Waals surface area contributed by atoms with Crippen molar-refractivity contribution in [1.82, 2.24) is 4.98 Å². The van der Waals surface area contributed by atoms with Crippen molar-refractivity contribution in [2.24, 2.45) is 5.10 Å². The monoisotopic (exact) mass is 453 g/mol. The second kappa shape index (κ2) is 9.15. The Balaban J connectivity index is 1.81. The van der Waals surface area contributed by atoms with Crippen LogP contribution in [0.15, 0.2) is 59.0 Å². The number of aromatic nitrogens is 1. The summed E-state index contributed by atoms with van der Waals surface area (Å²) in [5.74, 6) is 1.14. The zero-order chi connectivity index (χ0) is 21.8. The van der Waals surface area contributed by atoms with E-state index in [1.165, 1.54) is 41.9 Å². The quantitative estimate of drug-likeness (QED) is 0.289. The number of amides is 1. The highest BCUT2D eigenvalue weighted by Gasteiger charge is 2.25. The van der Waals surface area contributed by atoms with Crippen LogP contribution in [0.1, 0.15) is 15.2 Å². The first-order chi connectivity index (χ1) is 15.1. The minimum Gasteiger partial charge on any atom is -0.497 e. The number of fused-ring (bicyclic) bond motifs is 1. The number of rotatable bonds is 7. The predicted molar refractivity (Wildman–Crippen MR) is 124 cm³/mol. The fourth-order valence-electron chi connectivity index (χ4n) is 2.95. The summed E-state index contributed by atoms with van der Waals surface area (Å²) < 4.78 is 17.0. The molecular formula is C22H19N3O4S2. The molecule has 0 saturated heterocycles. The van der Waals surface area contributed by atoms with E-state index in [0.29, 0.717) is 22.2 Å². The van der Waals surface area contributed by atoms with Crippen LogP contribution in [0.3, 0.4) is 0 Å². The summed E-state index contributed by atoms with van der Waals surface area (Å²) in [7, 11) is 4.64. The molecule has 0 aliphatic heterocycles. The summed E-state index contributed by atoms with van der Waals surface area (Å²) >= 11 is 2.88. The average Bonchev–Trinajstić information content (AvgIpc) is 3.47. The van der Waals surface area contributed by atoms with Gasteiger partial charge in [0.2, 0.25) is 5.13 Å². The number of anilines is 1. The molecule has 0 N–H and O–H groups in total. The van der Waals surface area contributed by atoms with E-state index in [4.69, 9.17) is 14.2 Å². The number of ether oxygens (including phenoxy) is 3. The van der Waals surface area contributed by atoms with Gasteiger partial charge in [0.1, 0.15) is 5.75 Å². The van der Waals surface area contributed by atoms with Crippen LogP contribution in [0.2, 0.25) is 0 Å². The van der Waals surface area contributed by atoms with Gasteiger partial charge in [0, 0.05) is 4.88 Å². The maximum absolute atomic E-state index is 13.6. The molecule has 158 valence electrons. The summed E-state index contributed by atoms with van der Waals surface area (Å²) in [6.07, 6.45) is 1.64. The molecule has 1 amide bonds. The van der Waals surface area contributed by atoms with Gasteiger partial charge in [0.25, 0.3) is 5.91 Å². The van der Waals surface area contributed by atoms with Gasteiger partial charge in [-0.15, -0.1) is 11.3 Å². The standard InChI is InChI=1S/C22H19N3O4S2/c1-27-14-9-10-17-19(12-14)31-22(24-17)25(23-13-15-6-5-11-30-15)21(26)16-7-4-8-18(28-2)20(16)29-3/h4-13H,1-3H3/b23-13+. The number of methoxy groups -OCH3 is 3. The van der Waals surface area contributed by atoms with Crippen LogP contribution in [0, 0.1) is 0 Å². The van der Waals surface area contributed by atoms with E-state index >= 15 is 0 Å². The van der Waals surface area contributed by atoms with Crippen molar-refractivity contribution in [3.8, 4) is 17.2 Å². The van der Waals surface area contributed by atoms with Gasteiger partial charge in [-0.2, -0.15) is 10.1 Å². The Morgan fingerprint density at radius 2 is 1.94 bits per heavy atom. The molecular weight excluding hydrogens is 434 g/mol. The van der Waals surface area contributed by atoms with Crippen molar-refractivity contribution in [2.75, 3.05) is 26.3 Å². The minimum atomic E-state index is -0.380. The molecule has 0 spiro atoms. The van der Waals surface area contributed by atoms with Gasteiger partial charge in [0.05, 0.1) is 43.3 Å². The molecule has 0 atom stereocenters. The first-order valence-electron chi connectivity index (χ1n) is 9.22. The van der Waals surface area contributed by atoms with Gasteiger partial charge in [-0.25, -0.2) is 4.98 Å². The Morgan fingerprint density at radius 1 is 1.06 bits per heavy atom. The largest absolute Gasteiger partial charge is 0.497 e. The maximum Gasteiger partial charge on any atom is 0.284 e. The molecule has 2 aromatic heterocycles. The van der Waals surface area contributed by atoms with E-state index in [-0.39, 0.29) is 5.91 Å². The van der Waals surface area contributed by atoms with Crippen molar-refractivity contribution in [3.63, 3.8) is 0 Å². The van der Waals surface area contributed by atoms with Gasteiger partial charge < -0.3 is 14.2 Å². The van der Waals surface area contributed by atoms with Crippen LogP contribution >= 0.6 is 22.7 Å². The zero-order valence-corrected chi connectivity index (χ0v) is 18.7. The van der Waals surface area contributed by atoms with Crippen molar-refractivity contribution >= 4 is 50.1 Å². The fourth-order valence-corrected chi connectivity index (χ4v) is 4.48. The number of carbonyl (C=O) groups is 1. The Hall–Kier alpha value is -3.43. The summed E-state index contributed by atoms with van der Waals surface area (Å²) in [5.41, 5.74) is 1.07. The molecule has 9 heteroatoms. The summed E-state index contributed by atoms with van der Waals surface area (Å²) in [4.78, 5) is 19.1. The second-order valence-corrected chi connectivity index (χ2v) is 8.24. The molecule has 0 saturated carbocycles. The molecule has 0 bridgehead atoms.